The van der Waals surface area contributed by atoms with Crippen molar-refractivity contribution in [1.29, 1.82) is 0 Å². The van der Waals surface area contributed by atoms with Gasteiger partial charge in [0.15, 0.2) is 0 Å². The molecule has 2 N–H and O–H groups in total. The number of methoxy groups -OCH3 is 1. The van der Waals surface area contributed by atoms with Gasteiger partial charge in [-0.1, -0.05) is 6.42 Å². The molecule has 0 bridgehead atoms. The van der Waals surface area contributed by atoms with E-state index in [0.717, 1.165) is 39.0 Å². The van der Waals surface area contributed by atoms with Crippen LogP contribution in [0.4, 0.5) is 0 Å². The van der Waals surface area contributed by atoms with Gasteiger partial charge < -0.3 is 24.8 Å². The molecular formula is C14H26N2O5. The summed E-state index contributed by atoms with van der Waals surface area (Å²) in [4.78, 5) is 22.8. The van der Waals surface area contributed by atoms with Crippen LogP contribution in [-0.2, 0) is 19.1 Å². The van der Waals surface area contributed by atoms with Crippen LogP contribution in [0.3, 0.4) is 0 Å². The number of carbonyl (C=O) groups excluding carboxylic acids is 1. The van der Waals surface area contributed by atoms with Crippen molar-refractivity contribution >= 4 is 12.4 Å². The van der Waals surface area contributed by atoms with E-state index in [0.29, 0.717) is 13.2 Å². The minimum absolute atomic E-state index is 0.118. The number of carboxylic acid groups (broad SMARTS) is 1. The molecule has 7 nitrogen and oxygen atoms in total. The smallest absolute Gasteiger partial charge is 0.290 e. The Balaban J connectivity index is 0.000000677. The fourth-order valence-corrected chi connectivity index (χ4v) is 2.70. The van der Waals surface area contributed by atoms with E-state index in [9.17, 15) is 4.79 Å². The van der Waals surface area contributed by atoms with Gasteiger partial charge in [-0.15, -0.1) is 0 Å². The van der Waals surface area contributed by atoms with Gasteiger partial charge in [-0.3, -0.25) is 9.59 Å². The molecule has 0 aromatic heterocycles. The van der Waals surface area contributed by atoms with Gasteiger partial charge in [0.25, 0.3) is 6.47 Å². The van der Waals surface area contributed by atoms with Crippen LogP contribution in [0.1, 0.15) is 19.3 Å². The van der Waals surface area contributed by atoms with Crippen LogP contribution in [0.2, 0.25) is 0 Å². The summed E-state index contributed by atoms with van der Waals surface area (Å²) in [7, 11) is 3.74. The van der Waals surface area contributed by atoms with E-state index in [1.54, 1.807) is 7.11 Å². The monoisotopic (exact) mass is 302 g/mol. The first-order valence-electron chi connectivity index (χ1n) is 7.23. The summed E-state index contributed by atoms with van der Waals surface area (Å²) in [5.41, 5.74) is -0.269. The summed E-state index contributed by atoms with van der Waals surface area (Å²) in [6, 6.07) is 0. The summed E-state index contributed by atoms with van der Waals surface area (Å²) in [6.45, 7) is 3.49. The average Bonchev–Trinajstić information content (AvgIpc) is 2.41. The largest absolute Gasteiger partial charge is 0.483 e. The third kappa shape index (κ3) is 5.26. The van der Waals surface area contributed by atoms with E-state index in [4.69, 9.17) is 19.4 Å². The first-order chi connectivity index (χ1) is 10.1. The van der Waals surface area contributed by atoms with E-state index in [1.165, 1.54) is 0 Å². The maximum Gasteiger partial charge on any atom is 0.290 e. The van der Waals surface area contributed by atoms with E-state index < -0.39 is 0 Å². The summed E-state index contributed by atoms with van der Waals surface area (Å²) in [6.07, 6.45) is 3.13. The second-order valence-corrected chi connectivity index (χ2v) is 5.64. The molecule has 1 saturated carbocycles. The van der Waals surface area contributed by atoms with Gasteiger partial charge in [0.1, 0.15) is 0 Å². The predicted molar refractivity (Wildman–Crippen MR) is 77.1 cm³/mol. The Kier molecular flexibility index (Phi) is 7.63. The van der Waals surface area contributed by atoms with Crippen molar-refractivity contribution in [1.82, 2.24) is 10.2 Å². The molecule has 0 spiro atoms. The number of likely N-dealkylation sites (N-methyl/N-ethyl adjacent to an activating group) is 1. The zero-order chi connectivity index (χ0) is 15.7. The Bertz CT molecular complexity index is 333. The van der Waals surface area contributed by atoms with Gasteiger partial charge in [0.2, 0.25) is 5.91 Å². The van der Waals surface area contributed by atoms with Gasteiger partial charge in [-0.2, -0.15) is 0 Å². The number of ether oxygens (including phenoxy) is 2. The molecule has 0 aromatic carbocycles. The normalized spacial score (nSPS) is 24.2. The van der Waals surface area contributed by atoms with Crippen molar-refractivity contribution in [2.45, 2.75) is 25.4 Å². The first-order valence-corrected chi connectivity index (χ1v) is 7.23. The summed E-state index contributed by atoms with van der Waals surface area (Å²) < 4.78 is 10.8. The molecule has 7 heteroatoms. The highest BCUT2D eigenvalue weighted by Gasteiger charge is 2.44. The van der Waals surface area contributed by atoms with Gasteiger partial charge in [-0.05, 0) is 19.9 Å². The van der Waals surface area contributed by atoms with Crippen molar-refractivity contribution in [2.75, 3.05) is 47.0 Å². The minimum atomic E-state index is -0.269. The summed E-state index contributed by atoms with van der Waals surface area (Å²) in [5.74, 6) is 0.132. The second kappa shape index (κ2) is 8.96. The molecule has 0 aromatic rings. The molecule has 2 fully saturated rings. The summed E-state index contributed by atoms with van der Waals surface area (Å²) in [5, 5.41) is 9.92. The molecule has 1 unspecified atom stereocenters. The Morgan fingerprint density at radius 2 is 2.24 bits per heavy atom. The van der Waals surface area contributed by atoms with Crippen LogP contribution in [0.15, 0.2) is 0 Å². The van der Waals surface area contributed by atoms with Crippen LogP contribution in [0.5, 0.6) is 0 Å². The fourth-order valence-electron chi connectivity index (χ4n) is 2.70. The molecule has 122 valence electrons. The number of amides is 1. The van der Waals surface area contributed by atoms with Crippen molar-refractivity contribution in [3.63, 3.8) is 0 Å². The number of nitrogens with zero attached hydrogens (tertiary/aromatic N) is 1. The lowest BCUT2D eigenvalue weighted by atomic mass is 9.68. The molecule has 1 aliphatic heterocycles. The van der Waals surface area contributed by atoms with Crippen molar-refractivity contribution in [3.05, 3.63) is 0 Å². The van der Waals surface area contributed by atoms with Gasteiger partial charge in [0, 0.05) is 26.7 Å². The molecule has 1 amide bonds. The van der Waals surface area contributed by atoms with Crippen LogP contribution in [-0.4, -0.2) is 75.5 Å². The minimum Gasteiger partial charge on any atom is -0.483 e. The molecular weight excluding hydrogens is 276 g/mol. The van der Waals surface area contributed by atoms with Crippen LogP contribution in [0.25, 0.3) is 0 Å². The predicted octanol–water partition coefficient (Wildman–Crippen LogP) is -0.0493. The van der Waals surface area contributed by atoms with Crippen molar-refractivity contribution < 1.29 is 24.2 Å². The van der Waals surface area contributed by atoms with Crippen molar-refractivity contribution in [3.8, 4) is 0 Å². The molecule has 1 atom stereocenters. The van der Waals surface area contributed by atoms with Gasteiger partial charge >= 0.3 is 0 Å². The van der Waals surface area contributed by atoms with E-state index in [-0.39, 0.29) is 23.9 Å². The maximum absolute atomic E-state index is 12.2. The van der Waals surface area contributed by atoms with Crippen LogP contribution in [0, 0.1) is 5.41 Å². The van der Waals surface area contributed by atoms with E-state index >= 15 is 0 Å². The third-order valence-corrected chi connectivity index (χ3v) is 4.05. The molecule has 0 radical (unpaired) electrons. The highest BCUT2D eigenvalue weighted by atomic mass is 16.5. The number of hydrogen-bond acceptors (Lipinski definition) is 5. The first kappa shape index (κ1) is 17.9. The molecule has 1 aliphatic carbocycles. The molecule has 1 saturated heterocycles. The fraction of sp³-hybridized carbons (Fsp3) is 0.857. The van der Waals surface area contributed by atoms with Gasteiger partial charge in [0.05, 0.1) is 24.7 Å². The third-order valence-electron chi connectivity index (χ3n) is 4.05. The highest BCUT2D eigenvalue weighted by molar-refractivity contribution is 5.83. The lowest BCUT2D eigenvalue weighted by molar-refractivity contribution is -0.141. The number of morpholine rings is 1. The Morgan fingerprint density at radius 3 is 2.71 bits per heavy atom. The number of carbonyl (C=O) groups is 2. The number of nitrogens with one attached hydrogen (secondary N) is 1. The van der Waals surface area contributed by atoms with E-state index in [2.05, 4.69) is 17.3 Å². The van der Waals surface area contributed by atoms with Crippen molar-refractivity contribution in [2.24, 2.45) is 5.41 Å². The highest BCUT2D eigenvalue weighted by Crippen LogP contribution is 2.41. The zero-order valence-electron chi connectivity index (χ0n) is 12.8. The average molecular weight is 302 g/mol. The number of rotatable bonds is 5. The maximum atomic E-state index is 12.2. The molecule has 21 heavy (non-hydrogen) atoms. The molecule has 2 rings (SSSR count). The second-order valence-electron chi connectivity index (χ2n) is 5.64. The quantitative estimate of drug-likeness (QED) is 0.692. The van der Waals surface area contributed by atoms with Crippen LogP contribution < -0.4 is 5.32 Å². The SMILES string of the molecule is COCC1(C(=O)NCC2CN(C)CCO2)CCC1.O=CO. The Morgan fingerprint density at radius 1 is 1.57 bits per heavy atom. The topological polar surface area (TPSA) is 88.1 Å². The van der Waals surface area contributed by atoms with E-state index in [1.807, 2.05) is 0 Å². The lowest BCUT2D eigenvalue weighted by Crippen LogP contribution is -2.52. The molecule has 2 aliphatic rings. The standard InChI is InChI=1S/C13H24N2O3.CH2O2/c1-15-6-7-18-11(9-15)8-14-12(16)13(10-17-2)4-3-5-13;2-1-3/h11H,3-10H2,1-2H3,(H,14,16);1H,(H,2,3). The molecule has 1 heterocycles. The zero-order valence-corrected chi connectivity index (χ0v) is 12.8. The van der Waals surface area contributed by atoms with Crippen LogP contribution >= 0.6 is 0 Å². The summed E-state index contributed by atoms with van der Waals surface area (Å²) >= 11 is 0. The Labute approximate surface area is 125 Å². The lowest BCUT2D eigenvalue weighted by Gasteiger charge is -2.40. The Hall–Kier alpha value is -1.18. The van der Waals surface area contributed by atoms with Gasteiger partial charge in [-0.25, -0.2) is 0 Å². The number of hydrogen-bond donors (Lipinski definition) is 2.